The first-order valence-corrected chi connectivity index (χ1v) is 4.98. The maximum Gasteiger partial charge on any atom is 0.312 e. The number of aliphatic hydroxyl groups is 1. The van der Waals surface area contributed by atoms with Gasteiger partial charge >= 0.3 is 6.03 Å². The molecule has 0 saturated heterocycles. The second-order valence-electron chi connectivity index (χ2n) is 2.88. The Morgan fingerprint density at radius 3 is 2.71 bits per heavy atom. The number of rotatable bonds is 7. The van der Waals surface area contributed by atoms with E-state index in [2.05, 4.69) is 22.9 Å². The van der Waals surface area contributed by atoms with Crippen LogP contribution in [0.1, 0.15) is 19.8 Å². The lowest BCUT2D eigenvalue weighted by molar-refractivity contribution is 0.248. The van der Waals surface area contributed by atoms with Crippen molar-refractivity contribution in [3.8, 4) is 0 Å². The van der Waals surface area contributed by atoms with Gasteiger partial charge in [-0.2, -0.15) is 0 Å². The first-order chi connectivity index (χ1) is 6.57. The number of likely N-dealkylation sites (N-methyl/N-ethyl adjacent to an activating group) is 1. The highest BCUT2D eigenvalue weighted by molar-refractivity contribution is 7.80. The van der Waals surface area contributed by atoms with E-state index < -0.39 is 6.03 Å². The molecular formula is C8H17N3O2S. The number of amides is 2. The molecule has 0 aliphatic rings. The zero-order chi connectivity index (χ0) is 11.0. The molecule has 0 rings (SSSR count). The Labute approximate surface area is 89.0 Å². The molecule has 0 spiro atoms. The fraction of sp³-hybridized carbons (Fsp3) is 0.750. The first kappa shape index (κ1) is 13.1. The summed E-state index contributed by atoms with van der Waals surface area (Å²) in [4.78, 5) is 10.3. The quantitative estimate of drug-likeness (QED) is 0.366. The van der Waals surface area contributed by atoms with Crippen molar-refractivity contribution in [1.29, 1.82) is 0 Å². The van der Waals surface area contributed by atoms with E-state index in [9.17, 15) is 4.79 Å². The molecule has 5 N–H and O–H groups in total. The molecular weight excluding hydrogens is 202 g/mol. The van der Waals surface area contributed by atoms with Crippen molar-refractivity contribution in [3.05, 3.63) is 0 Å². The van der Waals surface area contributed by atoms with Crippen molar-refractivity contribution >= 4 is 23.3 Å². The molecule has 6 heteroatoms. The monoisotopic (exact) mass is 219 g/mol. The highest BCUT2D eigenvalue weighted by Crippen LogP contribution is 1.98. The van der Waals surface area contributed by atoms with E-state index in [1.807, 2.05) is 6.92 Å². The van der Waals surface area contributed by atoms with Gasteiger partial charge in [-0.25, -0.2) is 4.79 Å². The maximum absolute atomic E-state index is 10.3. The summed E-state index contributed by atoms with van der Waals surface area (Å²) >= 11 is 4.66. The van der Waals surface area contributed by atoms with Crippen LogP contribution in [0.25, 0.3) is 0 Å². The molecule has 0 fully saturated rings. The van der Waals surface area contributed by atoms with Crippen LogP contribution >= 0.6 is 12.2 Å². The molecule has 0 radical (unpaired) electrons. The number of carbonyl (C=O) groups is 1. The summed E-state index contributed by atoms with van der Waals surface area (Å²) in [6, 6.07) is -0.707. The molecule has 0 heterocycles. The molecule has 0 aliphatic carbocycles. The molecule has 5 nitrogen and oxygen atoms in total. The van der Waals surface area contributed by atoms with Crippen LogP contribution in [0.4, 0.5) is 4.79 Å². The minimum absolute atomic E-state index is 0.0362. The van der Waals surface area contributed by atoms with Crippen molar-refractivity contribution < 1.29 is 9.90 Å². The van der Waals surface area contributed by atoms with Gasteiger partial charge in [0.1, 0.15) is 0 Å². The predicted molar refractivity (Wildman–Crippen MR) is 59.5 cm³/mol. The minimum Gasteiger partial charge on any atom is -0.501 e. The van der Waals surface area contributed by atoms with Crippen LogP contribution in [0.3, 0.4) is 0 Å². The Kier molecular flexibility index (Phi) is 7.04. The second-order valence-corrected chi connectivity index (χ2v) is 3.30. The van der Waals surface area contributed by atoms with E-state index >= 15 is 0 Å². The molecule has 0 aromatic heterocycles. The number of nitrogens with two attached hydrogens (primary N) is 1. The second kappa shape index (κ2) is 7.52. The van der Waals surface area contributed by atoms with Crippen LogP contribution in [0.5, 0.6) is 0 Å². The van der Waals surface area contributed by atoms with Gasteiger partial charge in [0.2, 0.25) is 0 Å². The van der Waals surface area contributed by atoms with Crippen molar-refractivity contribution in [2.24, 2.45) is 5.73 Å². The lowest BCUT2D eigenvalue weighted by Gasteiger charge is -2.14. The van der Waals surface area contributed by atoms with E-state index in [0.717, 1.165) is 13.0 Å². The molecule has 14 heavy (non-hydrogen) atoms. The SMILES string of the molecule is CCN[C@@H](CCCNC(N)=O)C(O)=S. The summed E-state index contributed by atoms with van der Waals surface area (Å²) in [6.07, 6.45) is 1.41. The highest BCUT2D eigenvalue weighted by Gasteiger charge is 2.10. The van der Waals surface area contributed by atoms with Crippen LogP contribution < -0.4 is 16.4 Å². The van der Waals surface area contributed by atoms with E-state index in [1.54, 1.807) is 0 Å². The zero-order valence-corrected chi connectivity index (χ0v) is 9.06. The van der Waals surface area contributed by atoms with E-state index in [0.29, 0.717) is 13.0 Å². The fourth-order valence-corrected chi connectivity index (χ4v) is 1.28. The van der Waals surface area contributed by atoms with Gasteiger partial charge in [0.05, 0.1) is 6.04 Å². The number of hydrogen-bond donors (Lipinski definition) is 4. The average Bonchev–Trinajstić information content (AvgIpc) is 2.09. The van der Waals surface area contributed by atoms with Gasteiger partial charge in [0, 0.05) is 6.54 Å². The lowest BCUT2D eigenvalue weighted by Crippen LogP contribution is -2.37. The summed E-state index contributed by atoms with van der Waals surface area (Å²) in [7, 11) is 0. The minimum atomic E-state index is -0.531. The first-order valence-electron chi connectivity index (χ1n) is 4.57. The number of nitrogens with one attached hydrogen (secondary N) is 2. The largest absolute Gasteiger partial charge is 0.501 e. The third-order valence-electron chi connectivity index (χ3n) is 1.72. The number of carbonyl (C=O) groups excluding carboxylic acids is 1. The molecule has 0 aliphatic heterocycles. The average molecular weight is 219 g/mol. The van der Waals surface area contributed by atoms with Crippen LogP contribution in [0.2, 0.25) is 0 Å². The summed E-state index contributed by atoms with van der Waals surface area (Å²) in [5.74, 6) is 0. The Bertz CT molecular complexity index is 199. The Morgan fingerprint density at radius 1 is 1.64 bits per heavy atom. The van der Waals surface area contributed by atoms with Crippen molar-refractivity contribution in [1.82, 2.24) is 10.6 Å². The standard InChI is InChI=1S/C8H17N3O2S/c1-2-10-6(7(12)14)4-3-5-11-8(9)13/h6,10H,2-5H2,1H3,(H,12,14)(H3,9,11,13)/t6-/m0/s1. The van der Waals surface area contributed by atoms with E-state index in [-0.39, 0.29) is 11.1 Å². The number of thiocarbonyl (C=S) groups is 1. The molecule has 0 saturated carbocycles. The smallest absolute Gasteiger partial charge is 0.312 e. The number of aliphatic hydroxyl groups excluding tert-OH is 1. The molecule has 2 amide bonds. The van der Waals surface area contributed by atoms with Gasteiger partial charge in [-0.3, -0.25) is 0 Å². The summed E-state index contributed by atoms with van der Waals surface area (Å²) in [5.41, 5.74) is 4.89. The lowest BCUT2D eigenvalue weighted by atomic mass is 10.1. The molecule has 0 aromatic carbocycles. The van der Waals surface area contributed by atoms with Crippen molar-refractivity contribution in [3.63, 3.8) is 0 Å². The van der Waals surface area contributed by atoms with Crippen molar-refractivity contribution in [2.75, 3.05) is 13.1 Å². The zero-order valence-electron chi connectivity index (χ0n) is 8.25. The van der Waals surface area contributed by atoms with Crippen LogP contribution in [0, 0.1) is 0 Å². The van der Waals surface area contributed by atoms with Crippen LogP contribution in [0.15, 0.2) is 0 Å². The molecule has 82 valence electrons. The number of primary amides is 1. The van der Waals surface area contributed by atoms with Gasteiger partial charge in [0.25, 0.3) is 0 Å². The van der Waals surface area contributed by atoms with E-state index in [1.165, 1.54) is 0 Å². The number of urea groups is 1. The summed E-state index contributed by atoms with van der Waals surface area (Å²) < 4.78 is 0. The predicted octanol–water partition coefficient (Wildman–Crippen LogP) is 0.298. The molecule has 0 aromatic rings. The van der Waals surface area contributed by atoms with Gasteiger partial charge in [-0.15, -0.1) is 0 Å². The fourth-order valence-electron chi connectivity index (χ4n) is 1.08. The van der Waals surface area contributed by atoms with Gasteiger partial charge < -0.3 is 21.5 Å². The topological polar surface area (TPSA) is 87.4 Å². The third kappa shape index (κ3) is 6.62. The normalized spacial score (nSPS) is 12.1. The molecule has 0 unspecified atom stereocenters. The summed E-state index contributed by atoms with van der Waals surface area (Å²) in [5, 5.41) is 14.6. The Balaban J connectivity index is 3.61. The summed E-state index contributed by atoms with van der Waals surface area (Å²) in [6.45, 7) is 3.18. The van der Waals surface area contributed by atoms with Crippen LogP contribution in [-0.4, -0.2) is 35.3 Å². The van der Waals surface area contributed by atoms with E-state index in [4.69, 9.17) is 10.8 Å². The van der Waals surface area contributed by atoms with Crippen molar-refractivity contribution in [2.45, 2.75) is 25.8 Å². The van der Waals surface area contributed by atoms with Gasteiger partial charge in [-0.1, -0.05) is 6.92 Å². The molecule has 1 atom stereocenters. The third-order valence-corrected chi connectivity index (χ3v) is 2.00. The number of hydrogen-bond acceptors (Lipinski definition) is 3. The Morgan fingerprint density at radius 2 is 2.29 bits per heavy atom. The van der Waals surface area contributed by atoms with Gasteiger partial charge in [0.15, 0.2) is 5.05 Å². The van der Waals surface area contributed by atoms with Gasteiger partial charge in [-0.05, 0) is 31.6 Å². The maximum atomic E-state index is 10.3. The molecule has 0 bridgehead atoms. The van der Waals surface area contributed by atoms with Crippen LogP contribution in [-0.2, 0) is 0 Å². The highest BCUT2D eigenvalue weighted by atomic mass is 32.1. The Hall–Kier alpha value is -0.880.